The lowest BCUT2D eigenvalue weighted by molar-refractivity contribution is -0.0466. The zero-order valence-electron chi connectivity index (χ0n) is 5.31. The van der Waals surface area contributed by atoms with E-state index in [4.69, 9.17) is 9.47 Å². The molecule has 0 bridgehead atoms. The summed E-state index contributed by atoms with van der Waals surface area (Å²) in [7, 11) is 0. The first kappa shape index (κ1) is 7.51. The van der Waals surface area contributed by atoms with Gasteiger partial charge in [0.2, 0.25) is 0 Å². The summed E-state index contributed by atoms with van der Waals surface area (Å²) in [6.45, 7) is 1.54. The molecular weight excluding hydrogens is 185 g/mol. The Bertz CT molecular complexity index is 71.5. The minimum Gasteiger partial charge on any atom is -0.350 e. The standard InChI is InChI=1S/C6H11BrO2/c7-3-1-2-6-8-4-5-9-6/h6H,1-5H2/i3+1. The third kappa shape index (κ3) is 2.65. The van der Waals surface area contributed by atoms with Crippen molar-refractivity contribution in [3.8, 4) is 0 Å². The van der Waals surface area contributed by atoms with Gasteiger partial charge in [-0.25, -0.2) is 0 Å². The van der Waals surface area contributed by atoms with Gasteiger partial charge in [-0.3, -0.25) is 0 Å². The summed E-state index contributed by atoms with van der Waals surface area (Å²) in [6.07, 6.45) is 2.23. The molecule has 1 saturated heterocycles. The van der Waals surface area contributed by atoms with Gasteiger partial charge in [0, 0.05) is 5.33 Å². The summed E-state index contributed by atoms with van der Waals surface area (Å²) in [5.74, 6) is 0. The van der Waals surface area contributed by atoms with Crippen LogP contribution in [0.25, 0.3) is 0 Å². The molecule has 0 N–H and O–H groups in total. The van der Waals surface area contributed by atoms with Gasteiger partial charge in [0.15, 0.2) is 6.29 Å². The third-order valence-corrected chi connectivity index (χ3v) is 1.83. The van der Waals surface area contributed by atoms with Crippen molar-refractivity contribution < 1.29 is 9.47 Å². The quantitative estimate of drug-likeness (QED) is 0.503. The number of ether oxygens (including phenoxy) is 2. The Morgan fingerprint density at radius 1 is 1.33 bits per heavy atom. The Balaban J connectivity index is 1.98. The van der Waals surface area contributed by atoms with E-state index in [1.165, 1.54) is 0 Å². The van der Waals surface area contributed by atoms with Crippen LogP contribution in [-0.2, 0) is 9.47 Å². The molecule has 1 heterocycles. The Labute approximate surface area is 63.7 Å². The number of hydrogen-bond acceptors (Lipinski definition) is 2. The Kier molecular flexibility index (Phi) is 3.55. The summed E-state index contributed by atoms with van der Waals surface area (Å²) in [5, 5.41) is 1.04. The first-order chi connectivity index (χ1) is 4.43. The number of rotatable bonds is 3. The molecule has 9 heavy (non-hydrogen) atoms. The second kappa shape index (κ2) is 4.25. The average molecular weight is 196 g/mol. The van der Waals surface area contributed by atoms with Crippen LogP contribution in [0.5, 0.6) is 0 Å². The summed E-state index contributed by atoms with van der Waals surface area (Å²) in [4.78, 5) is 0. The molecule has 1 fully saturated rings. The van der Waals surface area contributed by atoms with Crippen LogP contribution < -0.4 is 0 Å². The van der Waals surface area contributed by atoms with Gasteiger partial charge in [0.1, 0.15) is 0 Å². The van der Waals surface area contributed by atoms with Crippen LogP contribution >= 0.6 is 15.9 Å². The molecule has 0 aromatic heterocycles. The number of halogens is 1. The first-order valence-corrected chi connectivity index (χ1v) is 4.35. The van der Waals surface area contributed by atoms with E-state index in [0.29, 0.717) is 0 Å². The smallest absolute Gasteiger partial charge is 0.157 e. The molecule has 0 atom stereocenters. The van der Waals surface area contributed by atoms with Crippen molar-refractivity contribution in [1.82, 2.24) is 0 Å². The van der Waals surface area contributed by atoms with Crippen LogP contribution in [0.15, 0.2) is 0 Å². The second-order valence-electron chi connectivity index (χ2n) is 2.00. The molecule has 2 nitrogen and oxygen atoms in total. The van der Waals surface area contributed by atoms with Crippen LogP contribution in [0.1, 0.15) is 12.8 Å². The summed E-state index contributed by atoms with van der Waals surface area (Å²) in [6, 6.07) is 0. The number of alkyl halides is 1. The lowest BCUT2D eigenvalue weighted by atomic mass is 10.4. The molecular formula is C6H11BrO2. The minimum absolute atomic E-state index is 0.0857. The average Bonchev–Trinajstić information content (AvgIpc) is 2.34. The highest BCUT2D eigenvalue weighted by Crippen LogP contribution is 2.10. The molecule has 0 radical (unpaired) electrons. The van der Waals surface area contributed by atoms with Crippen LogP contribution in [0.3, 0.4) is 0 Å². The highest BCUT2D eigenvalue weighted by Gasteiger charge is 2.13. The first-order valence-electron chi connectivity index (χ1n) is 3.22. The molecule has 3 heteroatoms. The Hall–Kier alpha value is 0.400. The van der Waals surface area contributed by atoms with Crippen molar-refractivity contribution in [3.05, 3.63) is 0 Å². The Morgan fingerprint density at radius 2 is 2.00 bits per heavy atom. The van der Waals surface area contributed by atoms with Gasteiger partial charge in [-0.1, -0.05) is 15.9 Å². The monoisotopic (exact) mass is 195 g/mol. The molecule has 0 aliphatic carbocycles. The van der Waals surface area contributed by atoms with Crippen LogP contribution in [0, 0.1) is 0 Å². The fourth-order valence-electron chi connectivity index (χ4n) is 0.818. The predicted molar refractivity (Wildman–Crippen MR) is 38.7 cm³/mol. The minimum atomic E-state index is 0.0857. The second-order valence-corrected chi connectivity index (χ2v) is 2.80. The maximum atomic E-state index is 5.21. The van der Waals surface area contributed by atoms with Gasteiger partial charge < -0.3 is 9.47 Å². The highest BCUT2D eigenvalue weighted by atomic mass is 79.9. The lowest BCUT2D eigenvalue weighted by Crippen LogP contribution is -2.06. The van der Waals surface area contributed by atoms with Crippen LogP contribution in [0.4, 0.5) is 0 Å². The van der Waals surface area contributed by atoms with Gasteiger partial charge in [-0.2, -0.15) is 0 Å². The molecule has 1 aliphatic heterocycles. The number of hydrogen-bond donors (Lipinski definition) is 0. The van der Waals surface area contributed by atoms with Crippen molar-refractivity contribution in [1.29, 1.82) is 0 Å². The van der Waals surface area contributed by atoms with Crippen LogP contribution in [0.2, 0.25) is 0 Å². The van der Waals surface area contributed by atoms with E-state index >= 15 is 0 Å². The van der Waals surface area contributed by atoms with Gasteiger partial charge >= 0.3 is 0 Å². The van der Waals surface area contributed by atoms with E-state index in [1.807, 2.05) is 0 Å². The Morgan fingerprint density at radius 3 is 2.56 bits per heavy atom. The molecule has 0 unspecified atom stereocenters. The molecule has 1 rings (SSSR count). The maximum absolute atomic E-state index is 5.21. The molecule has 0 aromatic rings. The van der Waals surface area contributed by atoms with Crippen molar-refractivity contribution in [2.45, 2.75) is 19.1 Å². The largest absolute Gasteiger partial charge is 0.350 e. The van der Waals surface area contributed by atoms with Crippen molar-refractivity contribution in [2.24, 2.45) is 0 Å². The fourth-order valence-corrected chi connectivity index (χ4v) is 1.14. The topological polar surface area (TPSA) is 18.5 Å². The molecule has 0 saturated carbocycles. The van der Waals surface area contributed by atoms with Gasteiger partial charge in [0.05, 0.1) is 13.2 Å². The maximum Gasteiger partial charge on any atom is 0.157 e. The molecule has 0 aromatic carbocycles. The van der Waals surface area contributed by atoms with E-state index in [-0.39, 0.29) is 6.29 Å². The zero-order valence-corrected chi connectivity index (χ0v) is 6.89. The molecule has 0 spiro atoms. The van der Waals surface area contributed by atoms with Gasteiger partial charge in [0.25, 0.3) is 0 Å². The van der Waals surface area contributed by atoms with Gasteiger partial charge in [-0.05, 0) is 12.8 Å². The molecule has 54 valence electrons. The van der Waals surface area contributed by atoms with Crippen molar-refractivity contribution in [2.75, 3.05) is 18.5 Å². The predicted octanol–water partition coefficient (Wildman–Crippen LogP) is 1.53. The normalized spacial score (nSPS) is 21.0. The van der Waals surface area contributed by atoms with E-state index in [0.717, 1.165) is 31.4 Å². The zero-order chi connectivity index (χ0) is 6.53. The van der Waals surface area contributed by atoms with Crippen molar-refractivity contribution in [3.63, 3.8) is 0 Å². The van der Waals surface area contributed by atoms with Crippen LogP contribution in [-0.4, -0.2) is 24.8 Å². The highest BCUT2D eigenvalue weighted by molar-refractivity contribution is 9.09. The molecule has 1 aliphatic rings. The summed E-state index contributed by atoms with van der Waals surface area (Å²) in [5.41, 5.74) is 0. The summed E-state index contributed by atoms with van der Waals surface area (Å²) < 4.78 is 10.4. The van der Waals surface area contributed by atoms with Crippen molar-refractivity contribution >= 4 is 15.9 Å². The third-order valence-electron chi connectivity index (χ3n) is 1.26. The SMILES string of the molecule is Br[13CH2]CCC1OCCO1. The van der Waals surface area contributed by atoms with Gasteiger partial charge in [-0.15, -0.1) is 0 Å². The lowest BCUT2D eigenvalue weighted by Gasteiger charge is -2.05. The summed E-state index contributed by atoms with van der Waals surface area (Å²) >= 11 is 3.35. The van der Waals surface area contributed by atoms with E-state index in [9.17, 15) is 0 Å². The fraction of sp³-hybridized carbons (Fsp3) is 1.00. The van der Waals surface area contributed by atoms with E-state index in [1.54, 1.807) is 0 Å². The molecule has 0 amide bonds. The van der Waals surface area contributed by atoms with E-state index in [2.05, 4.69) is 15.9 Å². The van der Waals surface area contributed by atoms with E-state index < -0.39 is 0 Å².